The van der Waals surface area contributed by atoms with E-state index in [-0.39, 0.29) is 28.7 Å². The van der Waals surface area contributed by atoms with Crippen LogP contribution in [-0.4, -0.2) is 86.3 Å². The molecular weight excluding hydrogens is 564 g/mol. The Labute approximate surface area is 251 Å². The van der Waals surface area contributed by atoms with Gasteiger partial charge in [0.25, 0.3) is 0 Å². The van der Waals surface area contributed by atoms with E-state index in [0.29, 0.717) is 43.8 Å². The van der Waals surface area contributed by atoms with Crippen LogP contribution >= 0.6 is 11.6 Å². The van der Waals surface area contributed by atoms with E-state index in [1.807, 2.05) is 43.5 Å². The fourth-order valence-corrected chi connectivity index (χ4v) is 7.15. The van der Waals surface area contributed by atoms with Crippen LogP contribution in [0.15, 0.2) is 36.7 Å². The lowest BCUT2D eigenvalue weighted by molar-refractivity contribution is -0.136. The van der Waals surface area contributed by atoms with Gasteiger partial charge in [0, 0.05) is 28.2 Å². The number of likely N-dealkylation sites (tertiary alicyclic amines) is 1. The molecule has 3 aromatic rings. The summed E-state index contributed by atoms with van der Waals surface area (Å²) in [6, 6.07) is 7.84. The molecule has 1 aromatic heterocycles. The number of anilines is 1. The molecule has 218 valence electrons. The van der Waals surface area contributed by atoms with E-state index >= 15 is 0 Å². The Bertz CT molecular complexity index is 1580. The number of carbonyl (C=O) groups is 1. The maximum absolute atomic E-state index is 14.4. The van der Waals surface area contributed by atoms with Gasteiger partial charge in [0.1, 0.15) is 37.1 Å². The first kappa shape index (κ1) is 29.5. The predicted octanol–water partition coefficient (Wildman–Crippen LogP) is 0.999. The van der Waals surface area contributed by atoms with Gasteiger partial charge >= 0.3 is 6.18 Å². The van der Waals surface area contributed by atoms with E-state index in [9.17, 15) is 23.1 Å². The van der Waals surface area contributed by atoms with Crippen LogP contribution in [0.5, 0.6) is 5.75 Å². The zero-order chi connectivity index (χ0) is 30.5. The summed E-state index contributed by atoms with van der Waals surface area (Å²) in [6.07, 6.45) is -1.29. The van der Waals surface area contributed by atoms with Crippen molar-refractivity contribution in [2.75, 3.05) is 18.4 Å². The fraction of sp³-hybridized carbons (Fsp3) is 0.481. The zero-order valence-electron chi connectivity index (χ0n) is 24.4. The van der Waals surface area contributed by atoms with Crippen molar-refractivity contribution in [3.05, 3.63) is 52.8 Å². The molecule has 1 amide bonds. The summed E-state index contributed by atoms with van der Waals surface area (Å²) >= 11 is 6.27. The molecule has 1 aliphatic carbocycles. The number of amides is 1. The lowest BCUT2D eigenvalue weighted by atomic mass is 9.39. The Hall–Kier alpha value is -2.56. The molecule has 2 aromatic carbocycles. The topological polar surface area (TPSA) is 79.6 Å². The Morgan fingerprint density at radius 1 is 1.12 bits per heavy atom. The minimum absolute atomic E-state index is 0.00368. The van der Waals surface area contributed by atoms with E-state index in [2.05, 4.69) is 15.2 Å². The van der Waals surface area contributed by atoms with Crippen molar-refractivity contribution in [1.29, 1.82) is 0 Å². The molecule has 2 aliphatic heterocycles. The number of aromatic nitrogens is 2. The fourth-order valence-electron chi connectivity index (χ4n) is 6.98. The van der Waals surface area contributed by atoms with Crippen LogP contribution in [0.4, 0.5) is 18.9 Å². The van der Waals surface area contributed by atoms with E-state index in [0.717, 1.165) is 17.3 Å². The number of benzene rings is 2. The molecule has 0 bridgehead atoms. The van der Waals surface area contributed by atoms with Crippen molar-refractivity contribution in [2.45, 2.75) is 66.6 Å². The van der Waals surface area contributed by atoms with Gasteiger partial charge in [-0.25, -0.2) is 4.98 Å². The van der Waals surface area contributed by atoms with Crippen LogP contribution in [0.3, 0.4) is 0 Å². The first-order valence-corrected chi connectivity index (χ1v) is 14.7. The van der Waals surface area contributed by atoms with Crippen molar-refractivity contribution < 1.29 is 27.8 Å². The highest BCUT2D eigenvalue weighted by molar-refractivity contribution is 6.54. The van der Waals surface area contributed by atoms with Crippen molar-refractivity contribution in [3.8, 4) is 5.75 Å². The third-order valence-corrected chi connectivity index (χ3v) is 10.4. The molecule has 3 heterocycles. The van der Waals surface area contributed by atoms with Gasteiger partial charge in [-0.05, 0) is 80.9 Å². The van der Waals surface area contributed by atoms with Crippen molar-refractivity contribution in [1.82, 2.24) is 14.5 Å². The van der Waals surface area contributed by atoms with Crippen LogP contribution in [0.2, 0.25) is 5.02 Å². The maximum atomic E-state index is 14.4. The van der Waals surface area contributed by atoms with Gasteiger partial charge in [0.2, 0.25) is 5.91 Å². The van der Waals surface area contributed by atoms with Crippen LogP contribution in [0.1, 0.15) is 49.8 Å². The van der Waals surface area contributed by atoms with Gasteiger partial charge in [-0.2, -0.15) is 13.2 Å². The van der Waals surface area contributed by atoms with E-state index in [1.165, 1.54) is 10.9 Å². The number of alkyl halides is 3. The summed E-state index contributed by atoms with van der Waals surface area (Å²) < 4.78 is 51.0. The number of hydrogen-bond acceptors (Lipinski definition) is 5. The quantitative estimate of drug-likeness (QED) is 0.430. The number of rotatable bonds is 5. The number of aliphatic hydroxyl groups is 1. The normalized spacial score (nSPS) is 24.4. The molecule has 0 atom stereocenters. The number of ether oxygens (including phenoxy) is 1. The second-order valence-electron chi connectivity index (χ2n) is 13.4. The van der Waals surface area contributed by atoms with Crippen molar-refractivity contribution >= 4 is 65.6 Å². The van der Waals surface area contributed by atoms with Gasteiger partial charge in [-0.3, -0.25) is 4.79 Å². The van der Waals surface area contributed by atoms with E-state index in [1.54, 1.807) is 19.1 Å². The van der Waals surface area contributed by atoms with Crippen LogP contribution in [0.25, 0.3) is 11.0 Å². The van der Waals surface area contributed by atoms with E-state index in [4.69, 9.17) is 16.3 Å². The molecule has 42 heavy (non-hydrogen) atoms. The highest BCUT2D eigenvalue weighted by Gasteiger charge is 2.52. The molecule has 7 nitrogen and oxygen atoms in total. The number of carbonyl (C=O) groups excluding carboxylic acids is 1. The summed E-state index contributed by atoms with van der Waals surface area (Å²) in [5, 5.41) is 12.2. The molecular formula is C27H32B4ClF3N4O3. The van der Waals surface area contributed by atoms with Crippen LogP contribution in [0, 0.1) is 0 Å². The van der Waals surface area contributed by atoms with Crippen LogP contribution < -0.4 is 10.1 Å². The van der Waals surface area contributed by atoms with Crippen molar-refractivity contribution in [3.63, 3.8) is 0 Å². The summed E-state index contributed by atoms with van der Waals surface area (Å²) in [7, 11) is 7.79. The Kier molecular flexibility index (Phi) is 6.65. The number of piperidine rings is 1. The highest BCUT2D eigenvalue weighted by Crippen LogP contribution is 2.48. The number of nitrogens with one attached hydrogen (secondary N) is 1. The standard InChI is InChI=1S/C27H32B4ClF3N4O3/c1-23(41)11-15(12-23)39-13-36-20-10-16(9-18(21(20)39)25(33,34)35)42-27(30,31)26(28,29)38-6-4-24(5-7-38)17-8-14(32)2-3-19(17)37-22(24)40/h2-3,8-10,13,15,41H,4-7,11-12,28-31H2,1H3,(H,37,40)/t15-,23+. The number of imidazole rings is 1. The maximum Gasteiger partial charge on any atom is 0.418 e. The van der Waals surface area contributed by atoms with Gasteiger partial charge in [-0.1, -0.05) is 11.6 Å². The highest BCUT2D eigenvalue weighted by atomic mass is 35.5. The molecule has 1 saturated carbocycles. The SMILES string of the molecule is BC(B)(Oc1cc(C(F)(F)F)c2c(c1)ncn2[C@H]1C[C@@](C)(O)C1)C(B)(B)N1CCC2(CC1)C(=O)Nc1ccc(Cl)cc12. The minimum atomic E-state index is -4.62. The Morgan fingerprint density at radius 2 is 1.79 bits per heavy atom. The van der Waals surface area contributed by atoms with Gasteiger partial charge in [0.15, 0.2) is 0 Å². The summed E-state index contributed by atoms with van der Waals surface area (Å²) in [4.78, 5) is 19.7. The number of halogens is 4. The molecule has 3 aliphatic rings. The Balaban J connectivity index is 1.25. The van der Waals surface area contributed by atoms with Gasteiger partial charge in [0.05, 0.1) is 33.9 Å². The molecule has 6 rings (SSSR count). The lowest BCUT2D eigenvalue weighted by Gasteiger charge is -2.53. The average molecular weight is 596 g/mol. The molecule has 0 unspecified atom stereocenters. The monoisotopic (exact) mass is 596 g/mol. The Morgan fingerprint density at radius 3 is 2.40 bits per heavy atom. The van der Waals surface area contributed by atoms with Crippen LogP contribution in [-0.2, 0) is 16.4 Å². The largest absolute Gasteiger partial charge is 0.505 e. The van der Waals surface area contributed by atoms with E-state index < -0.39 is 33.5 Å². The van der Waals surface area contributed by atoms with Crippen molar-refractivity contribution in [2.24, 2.45) is 0 Å². The smallest absolute Gasteiger partial charge is 0.418 e. The summed E-state index contributed by atoms with van der Waals surface area (Å²) in [6.45, 7) is 2.88. The third-order valence-electron chi connectivity index (χ3n) is 10.1. The van der Waals surface area contributed by atoms with Gasteiger partial charge < -0.3 is 24.6 Å². The zero-order valence-corrected chi connectivity index (χ0v) is 25.2. The minimum Gasteiger partial charge on any atom is -0.505 e. The molecule has 2 N–H and O–H groups in total. The van der Waals surface area contributed by atoms with Gasteiger partial charge in [-0.15, -0.1) is 0 Å². The summed E-state index contributed by atoms with van der Waals surface area (Å²) in [5.74, 6) is 0.0663. The molecule has 2 fully saturated rings. The molecule has 15 heteroatoms. The molecule has 1 saturated heterocycles. The lowest BCUT2D eigenvalue weighted by Crippen LogP contribution is -2.71. The molecule has 1 spiro atoms. The second-order valence-corrected chi connectivity index (χ2v) is 13.9. The predicted molar refractivity (Wildman–Crippen MR) is 166 cm³/mol. The third kappa shape index (κ3) is 4.65. The first-order chi connectivity index (χ1) is 19.4. The average Bonchev–Trinajstić information content (AvgIpc) is 3.40. The first-order valence-electron chi connectivity index (χ1n) is 14.3. The number of nitrogens with zero attached hydrogens (tertiary/aromatic N) is 3. The second kappa shape index (κ2) is 9.47. The molecule has 0 radical (unpaired) electrons. The number of hydrogen-bond donors (Lipinski definition) is 2. The summed E-state index contributed by atoms with van der Waals surface area (Å²) in [5.41, 5.74) is -0.431. The number of fused-ring (bicyclic) bond motifs is 3.